The van der Waals surface area contributed by atoms with Gasteiger partial charge >= 0.3 is 6.09 Å². The van der Waals surface area contributed by atoms with Crippen LogP contribution in [0.2, 0.25) is 5.02 Å². The normalized spacial score (nSPS) is 18.0. The quantitative estimate of drug-likeness (QED) is 0.232. The highest BCUT2D eigenvalue weighted by atomic mass is 35.5. The molecule has 3 heterocycles. The molecule has 2 aliphatic heterocycles. The third-order valence-electron chi connectivity index (χ3n) is 8.29. The summed E-state index contributed by atoms with van der Waals surface area (Å²) in [5.74, 6) is 2.79. The van der Waals surface area contributed by atoms with E-state index in [4.69, 9.17) is 42.4 Å². The molecule has 0 saturated carbocycles. The van der Waals surface area contributed by atoms with Crippen molar-refractivity contribution in [1.29, 1.82) is 5.26 Å². The summed E-state index contributed by atoms with van der Waals surface area (Å²) in [5.41, 5.74) is 2.16. The summed E-state index contributed by atoms with van der Waals surface area (Å²) in [6.07, 6.45) is 1.52. The van der Waals surface area contributed by atoms with Gasteiger partial charge in [0.15, 0.2) is 5.75 Å². The molecular formula is C34H39Cl2N5O4. The van der Waals surface area contributed by atoms with Crippen LogP contribution in [0, 0.1) is 23.2 Å². The average Bonchev–Trinajstić information content (AvgIpc) is 3.59. The maximum absolute atomic E-state index is 12.5. The van der Waals surface area contributed by atoms with Gasteiger partial charge in [-0.3, -0.25) is 0 Å². The first-order valence-electron chi connectivity index (χ1n) is 15.1. The maximum Gasteiger partial charge on any atom is 0.410 e. The number of halogens is 2. The summed E-state index contributed by atoms with van der Waals surface area (Å²) in [4.78, 5) is 25.8. The molecule has 45 heavy (non-hydrogen) atoms. The van der Waals surface area contributed by atoms with E-state index in [0.29, 0.717) is 65.4 Å². The van der Waals surface area contributed by atoms with Crippen molar-refractivity contribution in [3.63, 3.8) is 0 Å². The van der Waals surface area contributed by atoms with Crippen molar-refractivity contribution >= 4 is 35.2 Å². The van der Waals surface area contributed by atoms with Gasteiger partial charge in [-0.05, 0) is 62.2 Å². The number of carbonyl (C=O) groups excluding carboxylic acids is 1. The van der Waals surface area contributed by atoms with E-state index in [0.717, 1.165) is 29.9 Å². The Hall–Kier alpha value is -3.74. The fourth-order valence-electron chi connectivity index (χ4n) is 5.87. The van der Waals surface area contributed by atoms with E-state index in [1.54, 1.807) is 6.20 Å². The highest BCUT2D eigenvalue weighted by Gasteiger charge is 2.43. The Morgan fingerprint density at radius 3 is 2.31 bits per heavy atom. The van der Waals surface area contributed by atoms with Gasteiger partial charge < -0.3 is 24.0 Å². The van der Waals surface area contributed by atoms with Crippen molar-refractivity contribution in [2.24, 2.45) is 11.8 Å². The molecule has 1 amide bonds. The number of hydrogen-bond acceptors (Lipinski definition) is 8. The highest BCUT2D eigenvalue weighted by Crippen LogP contribution is 2.39. The van der Waals surface area contributed by atoms with Crippen molar-refractivity contribution in [2.45, 2.75) is 52.2 Å². The zero-order valence-electron chi connectivity index (χ0n) is 26.3. The van der Waals surface area contributed by atoms with Gasteiger partial charge in [0, 0.05) is 49.6 Å². The topological polar surface area (TPSA) is 101 Å². The number of likely N-dealkylation sites (tertiary alicyclic amines) is 1. The van der Waals surface area contributed by atoms with E-state index >= 15 is 0 Å². The number of amides is 1. The molecule has 5 rings (SSSR count). The van der Waals surface area contributed by atoms with Crippen LogP contribution in [0.4, 0.5) is 10.7 Å². The van der Waals surface area contributed by atoms with Crippen LogP contribution in [0.25, 0.3) is 0 Å². The lowest BCUT2D eigenvalue weighted by Gasteiger charge is -2.27. The Kier molecular flexibility index (Phi) is 9.66. The number of benzene rings is 2. The lowest BCUT2D eigenvalue weighted by atomic mass is 9.77. The molecule has 0 radical (unpaired) electrons. The molecule has 238 valence electrons. The Morgan fingerprint density at radius 1 is 1.00 bits per heavy atom. The van der Waals surface area contributed by atoms with E-state index in [1.807, 2.05) is 68.1 Å². The van der Waals surface area contributed by atoms with Gasteiger partial charge in [-0.1, -0.05) is 37.6 Å². The largest absolute Gasteiger partial charge is 0.489 e. The van der Waals surface area contributed by atoms with Gasteiger partial charge in [0.1, 0.15) is 30.6 Å². The molecule has 0 unspecified atom stereocenters. The minimum Gasteiger partial charge on any atom is -0.489 e. The van der Waals surface area contributed by atoms with Gasteiger partial charge in [0.25, 0.3) is 0 Å². The molecule has 3 aromatic rings. The van der Waals surface area contributed by atoms with E-state index in [9.17, 15) is 10.1 Å². The maximum atomic E-state index is 12.5. The van der Waals surface area contributed by atoms with Crippen molar-refractivity contribution in [1.82, 2.24) is 14.9 Å². The second-order valence-corrected chi connectivity index (χ2v) is 13.9. The zero-order valence-corrected chi connectivity index (χ0v) is 27.9. The van der Waals surface area contributed by atoms with Gasteiger partial charge in [-0.15, -0.1) is 11.6 Å². The summed E-state index contributed by atoms with van der Waals surface area (Å²) in [5, 5.41) is 10.1. The predicted molar refractivity (Wildman–Crippen MR) is 174 cm³/mol. The molecule has 9 nitrogen and oxygen atoms in total. The van der Waals surface area contributed by atoms with Gasteiger partial charge in [-0.2, -0.15) is 5.26 Å². The number of alkyl halides is 1. The molecular weight excluding hydrogens is 613 g/mol. The SMILES string of the molecule is CC(C)(C)OC(=O)N1C[C@@H]2CN(c3nccc(COc4ccc(C(C)(C)c5cc(Cl)c(OCCCl)c(C#N)c5)cc4)n3)C[C@@H]2C1. The molecule has 0 aliphatic carbocycles. The molecule has 2 aromatic carbocycles. The number of hydrogen-bond donors (Lipinski definition) is 0. The van der Waals surface area contributed by atoms with Crippen molar-refractivity contribution in [2.75, 3.05) is 43.6 Å². The number of carbonyl (C=O) groups is 1. The minimum absolute atomic E-state index is 0.240. The fraction of sp³-hybridized carbons (Fsp3) is 0.471. The Morgan fingerprint density at radius 2 is 1.69 bits per heavy atom. The zero-order chi connectivity index (χ0) is 32.4. The number of rotatable bonds is 9. The van der Waals surface area contributed by atoms with Gasteiger partial charge in [0.2, 0.25) is 5.95 Å². The van der Waals surface area contributed by atoms with Crippen molar-refractivity contribution in [3.05, 3.63) is 76.1 Å². The first-order valence-corrected chi connectivity index (χ1v) is 16.0. The van der Waals surface area contributed by atoms with Crippen LogP contribution in [-0.4, -0.2) is 65.2 Å². The Balaban J connectivity index is 1.19. The second kappa shape index (κ2) is 13.3. The predicted octanol–water partition coefficient (Wildman–Crippen LogP) is 6.83. The average molecular weight is 653 g/mol. The third kappa shape index (κ3) is 7.57. The van der Waals surface area contributed by atoms with Crippen LogP contribution in [0.15, 0.2) is 48.7 Å². The van der Waals surface area contributed by atoms with Gasteiger partial charge in [0.05, 0.1) is 22.2 Å². The van der Waals surface area contributed by atoms with E-state index in [1.165, 1.54) is 0 Å². The highest BCUT2D eigenvalue weighted by molar-refractivity contribution is 6.32. The number of anilines is 1. The molecule has 1 aromatic heterocycles. The van der Waals surface area contributed by atoms with Crippen LogP contribution in [-0.2, 0) is 16.8 Å². The minimum atomic E-state index is -0.499. The summed E-state index contributed by atoms with van der Waals surface area (Å²) in [7, 11) is 0. The monoisotopic (exact) mass is 651 g/mol. The molecule has 0 spiro atoms. The Labute approximate surface area is 275 Å². The lowest BCUT2D eigenvalue weighted by Crippen LogP contribution is -2.37. The van der Waals surface area contributed by atoms with E-state index < -0.39 is 11.0 Å². The number of fused-ring (bicyclic) bond motifs is 1. The molecule has 2 atom stereocenters. The number of aromatic nitrogens is 2. The third-order valence-corrected chi connectivity index (χ3v) is 8.73. The van der Waals surface area contributed by atoms with Crippen LogP contribution in [0.3, 0.4) is 0 Å². The number of nitriles is 1. The Bertz CT molecular complexity index is 1550. The van der Waals surface area contributed by atoms with Gasteiger partial charge in [-0.25, -0.2) is 14.8 Å². The standard InChI is InChI=1S/C34H39Cl2N5O4/c1-33(2,3)45-32(42)41-19-23-17-40(18-24(23)20-41)31-38-12-10-27(39-31)21-44-28-8-6-25(7-9-28)34(4,5)26-14-22(16-37)30(29(36)15-26)43-13-11-35/h6-10,12,14-15,23-24H,11,13,17-21H2,1-5H3/t23-,24+. The van der Waals surface area contributed by atoms with Crippen LogP contribution in [0.5, 0.6) is 11.5 Å². The first kappa shape index (κ1) is 32.6. The lowest BCUT2D eigenvalue weighted by molar-refractivity contribution is 0.0282. The second-order valence-electron chi connectivity index (χ2n) is 13.1. The first-order chi connectivity index (χ1) is 21.4. The number of ether oxygens (including phenoxy) is 3. The van der Waals surface area contributed by atoms with Crippen LogP contribution < -0.4 is 14.4 Å². The van der Waals surface area contributed by atoms with Crippen molar-refractivity contribution in [3.8, 4) is 17.6 Å². The number of nitrogens with zero attached hydrogens (tertiary/aromatic N) is 5. The molecule has 2 saturated heterocycles. The fourth-order valence-corrected chi connectivity index (χ4v) is 6.22. The van der Waals surface area contributed by atoms with Crippen LogP contribution in [0.1, 0.15) is 57.0 Å². The van der Waals surface area contributed by atoms with E-state index in [2.05, 4.69) is 29.8 Å². The summed E-state index contributed by atoms with van der Waals surface area (Å²) in [6, 6.07) is 15.6. The smallest absolute Gasteiger partial charge is 0.410 e. The summed E-state index contributed by atoms with van der Waals surface area (Å²) in [6.45, 7) is 13.4. The summed E-state index contributed by atoms with van der Waals surface area (Å²) < 4.78 is 17.3. The molecule has 2 aliphatic rings. The molecule has 2 fully saturated rings. The molecule has 0 N–H and O–H groups in total. The van der Waals surface area contributed by atoms with Crippen molar-refractivity contribution < 1.29 is 19.0 Å². The van der Waals surface area contributed by atoms with E-state index in [-0.39, 0.29) is 12.7 Å². The summed E-state index contributed by atoms with van der Waals surface area (Å²) >= 11 is 12.3. The molecule has 11 heteroatoms. The molecule has 0 bridgehead atoms. The van der Waals surface area contributed by atoms with Crippen LogP contribution >= 0.6 is 23.2 Å².